The molecule has 2 nitrogen and oxygen atoms in total. The molecule has 10 aromatic rings. The Labute approximate surface area is 266 Å². The lowest BCUT2D eigenvalue weighted by molar-refractivity contribution is 1.17. The molecule has 0 unspecified atom stereocenters. The third kappa shape index (κ3) is 3.53. The number of hydrogen-bond acceptors (Lipinski definition) is 0. The van der Waals surface area contributed by atoms with E-state index in [-0.39, 0.29) is 0 Å². The molecule has 0 N–H and O–H groups in total. The van der Waals surface area contributed by atoms with Gasteiger partial charge in [-0.2, -0.15) is 0 Å². The van der Waals surface area contributed by atoms with Crippen molar-refractivity contribution in [1.29, 1.82) is 0 Å². The molecule has 8 aromatic carbocycles. The van der Waals surface area contributed by atoms with Gasteiger partial charge in [0.2, 0.25) is 0 Å². The zero-order valence-electron chi connectivity index (χ0n) is 25.1. The molecule has 0 aliphatic carbocycles. The van der Waals surface area contributed by atoms with E-state index < -0.39 is 0 Å². The quantitative estimate of drug-likeness (QED) is 0.195. The molecular formula is C44H28N2. The number of rotatable bonds is 3. The average molecular weight is 585 g/mol. The van der Waals surface area contributed by atoms with E-state index in [2.05, 4.69) is 179 Å². The third-order valence-electron chi connectivity index (χ3n) is 9.69. The average Bonchev–Trinajstić information content (AvgIpc) is 3.65. The van der Waals surface area contributed by atoms with Crippen molar-refractivity contribution in [2.24, 2.45) is 0 Å². The second kappa shape index (κ2) is 9.69. The lowest BCUT2D eigenvalue weighted by Crippen LogP contribution is -1.97. The van der Waals surface area contributed by atoms with Crippen LogP contribution in [0, 0.1) is 0 Å². The number of nitrogens with zero attached hydrogens (tertiary/aromatic N) is 2. The highest BCUT2D eigenvalue weighted by Crippen LogP contribution is 2.43. The van der Waals surface area contributed by atoms with E-state index in [4.69, 9.17) is 0 Å². The van der Waals surface area contributed by atoms with Crippen LogP contribution in [0.5, 0.6) is 0 Å². The summed E-state index contributed by atoms with van der Waals surface area (Å²) in [5.41, 5.74) is 9.71. The minimum Gasteiger partial charge on any atom is -0.309 e. The lowest BCUT2D eigenvalue weighted by Gasteiger charge is -2.14. The van der Waals surface area contributed by atoms with E-state index in [1.807, 2.05) is 0 Å². The first-order valence-electron chi connectivity index (χ1n) is 15.9. The zero-order valence-corrected chi connectivity index (χ0v) is 25.1. The fourth-order valence-corrected chi connectivity index (χ4v) is 7.69. The molecule has 2 aromatic heterocycles. The van der Waals surface area contributed by atoms with Gasteiger partial charge in [0.15, 0.2) is 0 Å². The lowest BCUT2D eigenvalue weighted by atomic mass is 9.98. The Morgan fingerprint density at radius 3 is 1.48 bits per heavy atom. The van der Waals surface area contributed by atoms with Crippen molar-refractivity contribution < 1.29 is 0 Å². The Balaban J connectivity index is 1.33. The van der Waals surface area contributed by atoms with Gasteiger partial charge < -0.3 is 9.13 Å². The van der Waals surface area contributed by atoms with Crippen LogP contribution in [0.2, 0.25) is 0 Å². The fraction of sp³-hybridized carbons (Fsp3) is 0. The van der Waals surface area contributed by atoms with Gasteiger partial charge in [0.05, 0.1) is 22.1 Å². The first-order chi connectivity index (χ1) is 22.8. The van der Waals surface area contributed by atoms with Crippen LogP contribution >= 0.6 is 0 Å². The first kappa shape index (κ1) is 25.2. The van der Waals surface area contributed by atoms with E-state index in [9.17, 15) is 0 Å². The van der Waals surface area contributed by atoms with Crippen molar-refractivity contribution in [3.8, 4) is 22.5 Å². The molecule has 0 aliphatic heterocycles. The topological polar surface area (TPSA) is 9.86 Å². The number of hydrogen-bond donors (Lipinski definition) is 0. The third-order valence-corrected chi connectivity index (χ3v) is 9.69. The highest BCUT2D eigenvalue weighted by Gasteiger charge is 2.21. The normalized spacial score (nSPS) is 11.9. The summed E-state index contributed by atoms with van der Waals surface area (Å²) in [6, 6.07) is 61.9. The number of aromatic nitrogens is 2. The second-order valence-corrected chi connectivity index (χ2v) is 12.1. The Hall–Kier alpha value is -6.12. The molecule has 0 saturated heterocycles. The van der Waals surface area contributed by atoms with Crippen LogP contribution in [0.25, 0.3) is 87.7 Å². The number of para-hydroxylation sites is 3. The van der Waals surface area contributed by atoms with E-state index in [0.717, 1.165) is 5.69 Å². The maximum absolute atomic E-state index is 2.48. The molecule has 10 rings (SSSR count). The van der Waals surface area contributed by atoms with Crippen LogP contribution in [0.15, 0.2) is 170 Å². The number of benzene rings is 8. The van der Waals surface area contributed by atoms with E-state index in [1.54, 1.807) is 0 Å². The van der Waals surface area contributed by atoms with Crippen molar-refractivity contribution in [1.82, 2.24) is 9.13 Å². The SMILES string of the molecule is c1ccc(-n2c3ccccc3c3ccc4ccc5c6ccccc6n(-c6ccc(-c7cccc8ccccc78)cc6)c5c4c32)cc1. The molecule has 214 valence electrons. The molecular weight excluding hydrogens is 556 g/mol. The van der Waals surface area contributed by atoms with Crippen LogP contribution in [0.3, 0.4) is 0 Å². The summed E-state index contributed by atoms with van der Waals surface area (Å²) >= 11 is 0. The highest BCUT2D eigenvalue weighted by molar-refractivity contribution is 6.28. The van der Waals surface area contributed by atoms with Gasteiger partial charge in [0, 0.05) is 38.3 Å². The monoisotopic (exact) mass is 584 g/mol. The van der Waals surface area contributed by atoms with Crippen molar-refractivity contribution in [3.05, 3.63) is 170 Å². The Morgan fingerprint density at radius 2 is 0.826 bits per heavy atom. The van der Waals surface area contributed by atoms with Gasteiger partial charge in [-0.3, -0.25) is 0 Å². The molecule has 0 spiro atoms. The second-order valence-electron chi connectivity index (χ2n) is 12.1. The van der Waals surface area contributed by atoms with Gasteiger partial charge in [-0.1, -0.05) is 133 Å². The van der Waals surface area contributed by atoms with Gasteiger partial charge in [-0.15, -0.1) is 0 Å². The Kier molecular flexibility index (Phi) is 5.31. The highest BCUT2D eigenvalue weighted by atomic mass is 15.0. The molecule has 46 heavy (non-hydrogen) atoms. The van der Waals surface area contributed by atoms with Crippen LogP contribution in [-0.2, 0) is 0 Å². The van der Waals surface area contributed by atoms with Crippen LogP contribution in [0.4, 0.5) is 0 Å². The van der Waals surface area contributed by atoms with Crippen molar-refractivity contribution >= 4 is 65.2 Å². The van der Waals surface area contributed by atoms with Crippen molar-refractivity contribution in [2.45, 2.75) is 0 Å². The van der Waals surface area contributed by atoms with Gasteiger partial charge >= 0.3 is 0 Å². The molecule has 0 amide bonds. The molecule has 0 saturated carbocycles. The molecule has 2 heteroatoms. The summed E-state index contributed by atoms with van der Waals surface area (Å²) in [5.74, 6) is 0. The van der Waals surface area contributed by atoms with E-state index in [0.29, 0.717) is 0 Å². The smallest absolute Gasteiger partial charge is 0.0640 e. The summed E-state index contributed by atoms with van der Waals surface area (Å²) in [4.78, 5) is 0. The van der Waals surface area contributed by atoms with Gasteiger partial charge in [-0.05, 0) is 63.7 Å². The summed E-state index contributed by atoms with van der Waals surface area (Å²) in [7, 11) is 0. The predicted molar refractivity (Wildman–Crippen MR) is 196 cm³/mol. The minimum atomic E-state index is 1.15. The van der Waals surface area contributed by atoms with Crippen molar-refractivity contribution in [3.63, 3.8) is 0 Å². The van der Waals surface area contributed by atoms with Gasteiger partial charge in [-0.25, -0.2) is 0 Å². The number of fused-ring (bicyclic) bond motifs is 10. The fourth-order valence-electron chi connectivity index (χ4n) is 7.69. The molecule has 0 aliphatic rings. The summed E-state index contributed by atoms with van der Waals surface area (Å²) in [5, 5.41) is 10.1. The molecule has 0 fully saturated rings. The predicted octanol–water partition coefficient (Wildman–Crippen LogP) is 11.9. The van der Waals surface area contributed by atoms with Crippen LogP contribution in [0.1, 0.15) is 0 Å². The van der Waals surface area contributed by atoms with E-state index >= 15 is 0 Å². The molecule has 0 bridgehead atoms. The summed E-state index contributed by atoms with van der Waals surface area (Å²) < 4.78 is 4.93. The zero-order chi connectivity index (χ0) is 30.2. The van der Waals surface area contributed by atoms with Gasteiger partial charge in [0.1, 0.15) is 0 Å². The largest absolute Gasteiger partial charge is 0.309 e. The standard InChI is InChI=1S/C44H28N2/c1-2-13-32(14-3-1)45-40-19-8-6-16-36(40)38-27-23-31-24-28-39-37-17-7-9-20-41(37)46(44(39)42(31)43(38)45)33-25-21-30(22-26-33)35-18-10-12-29-11-4-5-15-34(29)35/h1-28H. The Bertz CT molecular complexity index is 2770. The summed E-state index contributed by atoms with van der Waals surface area (Å²) in [6.45, 7) is 0. The molecule has 0 atom stereocenters. The summed E-state index contributed by atoms with van der Waals surface area (Å²) in [6.07, 6.45) is 0. The van der Waals surface area contributed by atoms with Crippen molar-refractivity contribution in [2.75, 3.05) is 0 Å². The van der Waals surface area contributed by atoms with E-state index in [1.165, 1.54) is 82.0 Å². The first-order valence-corrected chi connectivity index (χ1v) is 15.9. The van der Waals surface area contributed by atoms with Gasteiger partial charge in [0.25, 0.3) is 0 Å². The molecule has 0 radical (unpaired) electrons. The van der Waals surface area contributed by atoms with Crippen LogP contribution < -0.4 is 0 Å². The Morgan fingerprint density at radius 1 is 0.304 bits per heavy atom. The maximum Gasteiger partial charge on any atom is 0.0640 e. The minimum absolute atomic E-state index is 1.15. The molecule has 2 heterocycles. The van der Waals surface area contributed by atoms with Crippen LogP contribution in [-0.4, -0.2) is 9.13 Å². The maximum atomic E-state index is 2.48.